The fourth-order valence-corrected chi connectivity index (χ4v) is 4.49. The number of amides is 1. The van der Waals surface area contributed by atoms with Crippen molar-refractivity contribution in [3.8, 4) is 0 Å². The predicted molar refractivity (Wildman–Crippen MR) is 99.6 cm³/mol. The lowest BCUT2D eigenvalue weighted by molar-refractivity contribution is -0.124. The van der Waals surface area contributed by atoms with Crippen molar-refractivity contribution in [2.24, 2.45) is 17.3 Å². The van der Waals surface area contributed by atoms with Crippen LogP contribution in [-0.4, -0.2) is 19.0 Å². The average molecular weight is 369 g/mol. The van der Waals surface area contributed by atoms with E-state index >= 15 is 0 Å². The van der Waals surface area contributed by atoms with Crippen molar-refractivity contribution in [2.45, 2.75) is 44.6 Å². The van der Waals surface area contributed by atoms with E-state index in [1.807, 2.05) is 12.1 Å². The van der Waals surface area contributed by atoms with Gasteiger partial charge in [-0.1, -0.05) is 30.2 Å². The Morgan fingerprint density at radius 3 is 2.46 bits per heavy atom. The molecule has 2 N–H and O–H groups in total. The number of piperidine rings is 1. The second kappa shape index (κ2) is 7.23. The van der Waals surface area contributed by atoms with Gasteiger partial charge in [0.05, 0.1) is 6.04 Å². The Labute approximate surface area is 155 Å². The highest BCUT2D eigenvalue weighted by atomic mass is 35.5. The van der Waals surface area contributed by atoms with Gasteiger partial charge < -0.3 is 10.6 Å². The molecule has 1 amide bonds. The minimum Gasteiger partial charge on any atom is -0.349 e. The molecule has 2 atom stereocenters. The van der Waals surface area contributed by atoms with Crippen molar-refractivity contribution in [1.82, 2.24) is 10.6 Å². The predicted octanol–water partition coefficient (Wildman–Crippen LogP) is 4.11. The second-order valence-electron chi connectivity index (χ2n) is 7.60. The molecule has 0 aromatic heterocycles. The Kier molecular flexibility index (Phi) is 5.43. The summed E-state index contributed by atoms with van der Waals surface area (Å²) in [7, 11) is 0. The zero-order chi connectivity index (χ0) is 15.9. The summed E-state index contributed by atoms with van der Waals surface area (Å²) in [5, 5.41) is 7.54. The first-order valence-corrected chi connectivity index (χ1v) is 9.32. The van der Waals surface area contributed by atoms with Gasteiger partial charge in [0.2, 0.25) is 5.91 Å². The van der Waals surface area contributed by atoms with Gasteiger partial charge in [-0.05, 0) is 74.2 Å². The molecular formula is C19H26Cl2N2O. The van der Waals surface area contributed by atoms with E-state index < -0.39 is 0 Å². The molecule has 1 aliphatic heterocycles. The number of carbonyl (C=O) groups is 1. The van der Waals surface area contributed by atoms with Crippen LogP contribution in [0.15, 0.2) is 24.3 Å². The van der Waals surface area contributed by atoms with Crippen LogP contribution in [-0.2, 0) is 4.79 Å². The molecule has 3 aliphatic rings. The standard InChI is InChI=1S/C19H25ClN2O.ClH/c20-15-6-4-14(5-7-15)17(13-2-1-3-13)22-18(23)16-12-19(16)8-10-21-11-9-19;/h4-7,13,16-17,21H,1-3,8-12H2,(H,22,23);1H. The van der Waals surface area contributed by atoms with Crippen molar-refractivity contribution in [3.63, 3.8) is 0 Å². The molecule has 1 spiro atoms. The Morgan fingerprint density at radius 1 is 1.21 bits per heavy atom. The van der Waals surface area contributed by atoms with Gasteiger partial charge in [-0.2, -0.15) is 0 Å². The SMILES string of the molecule is Cl.O=C(NC(c1ccc(Cl)cc1)C1CCC1)C1CC12CCNCC2. The molecule has 5 heteroatoms. The first-order chi connectivity index (χ1) is 11.2. The molecule has 3 fully saturated rings. The number of carbonyl (C=O) groups excluding carboxylic acids is 1. The fraction of sp³-hybridized carbons (Fsp3) is 0.632. The summed E-state index contributed by atoms with van der Waals surface area (Å²) >= 11 is 6.01. The Hall–Kier alpha value is -0.770. The highest BCUT2D eigenvalue weighted by Gasteiger charge is 2.57. The van der Waals surface area contributed by atoms with Gasteiger partial charge in [0.1, 0.15) is 0 Å². The van der Waals surface area contributed by atoms with Crippen LogP contribution in [0, 0.1) is 17.3 Å². The van der Waals surface area contributed by atoms with Crippen molar-refractivity contribution < 1.29 is 4.79 Å². The van der Waals surface area contributed by atoms with Crippen LogP contribution in [0.3, 0.4) is 0 Å². The van der Waals surface area contributed by atoms with Crippen LogP contribution in [0.5, 0.6) is 0 Å². The van der Waals surface area contributed by atoms with E-state index in [0.717, 1.165) is 37.4 Å². The van der Waals surface area contributed by atoms with E-state index in [-0.39, 0.29) is 30.3 Å². The molecule has 4 rings (SSSR count). The molecule has 2 unspecified atom stereocenters. The molecule has 3 nitrogen and oxygen atoms in total. The van der Waals surface area contributed by atoms with Gasteiger partial charge in [0.25, 0.3) is 0 Å². The van der Waals surface area contributed by atoms with E-state index in [1.54, 1.807) is 0 Å². The lowest BCUT2D eigenvalue weighted by Crippen LogP contribution is -2.39. The quantitative estimate of drug-likeness (QED) is 0.839. The maximum Gasteiger partial charge on any atom is 0.224 e. The van der Waals surface area contributed by atoms with Crippen molar-refractivity contribution in [3.05, 3.63) is 34.9 Å². The lowest BCUT2D eigenvalue weighted by Gasteiger charge is -2.35. The van der Waals surface area contributed by atoms with E-state index in [1.165, 1.54) is 24.8 Å². The number of hydrogen-bond acceptors (Lipinski definition) is 2. The summed E-state index contributed by atoms with van der Waals surface area (Å²) in [6.07, 6.45) is 7.10. The molecule has 2 aliphatic carbocycles. The third-order valence-corrected chi connectivity index (χ3v) is 6.51. The summed E-state index contributed by atoms with van der Waals surface area (Å²) in [6.45, 7) is 2.13. The van der Waals surface area contributed by atoms with Crippen molar-refractivity contribution in [1.29, 1.82) is 0 Å². The molecule has 132 valence electrons. The van der Waals surface area contributed by atoms with Crippen LogP contribution in [0.25, 0.3) is 0 Å². The average Bonchev–Trinajstić information content (AvgIpc) is 3.20. The molecule has 2 saturated carbocycles. The maximum atomic E-state index is 12.8. The van der Waals surface area contributed by atoms with E-state index in [4.69, 9.17) is 11.6 Å². The summed E-state index contributed by atoms with van der Waals surface area (Å²) in [6, 6.07) is 8.16. The minimum absolute atomic E-state index is 0. The highest BCUT2D eigenvalue weighted by molar-refractivity contribution is 6.30. The van der Waals surface area contributed by atoms with Crippen LogP contribution >= 0.6 is 24.0 Å². The van der Waals surface area contributed by atoms with Crippen molar-refractivity contribution in [2.75, 3.05) is 13.1 Å². The van der Waals surface area contributed by atoms with Gasteiger partial charge in [-0.15, -0.1) is 12.4 Å². The van der Waals surface area contributed by atoms with E-state index in [0.29, 0.717) is 11.3 Å². The topological polar surface area (TPSA) is 41.1 Å². The number of benzene rings is 1. The van der Waals surface area contributed by atoms with Gasteiger partial charge in [0, 0.05) is 10.9 Å². The fourth-order valence-electron chi connectivity index (χ4n) is 4.37. The summed E-state index contributed by atoms with van der Waals surface area (Å²) in [5.41, 5.74) is 1.51. The van der Waals surface area contributed by atoms with Crippen LogP contribution < -0.4 is 10.6 Å². The first kappa shape index (κ1) is 18.0. The van der Waals surface area contributed by atoms with Gasteiger partial charge in [-0.3, -0.25) is 4.79 Å². The minimum atomic E-state index is 0. The van der Waals surface area contributed by atoms with Crippen LogP contribution in [0.1, 0.15) is 50.1 Å². The zero-order valence-electron chi connectivity index (χ0n) is 13.9. The molecule has 1 heterocycles. The summed E-state index contributed by atoms with van der Waals surface area (Å²) < 4.78 is 0. The molecule has 0 bridgehead atoms. The molecule has 1 saturated heterocycles. The molecular weight excluding hydrogens is 343 g/mol. The number of hydrogen-bond donors (Lipinski definition) is 2. The highest BCUT2D eigenvalue weighted by Crippen LogP contribution is 2.58. The van der Waals surface area contributed by atoms with Crippen molar-refractivity contribution >= 4 is 29.9 Å². The largest absolute Gasteiger partial charge is 0.349 e. The van der Waals surface area contributed by atoms with Gasteiger partial charge in [0.15, 0.2) is 0 Å². The van der Waals surface area contributed by atoms with Crippen LogP contribution in [0.4, 0.5) is 0 Å². The zero-order valence-corrected chi connectivity index (χ0v) is 15.5. The maximum absolute atomic E-state index is 12.8. The molecule has 1 aromatic rings. The molecule has 24 heavy (non-hydrogen) atoms. The Morgan fingerprint density at radius 2 is 1.88 bits per heavy atom. The third kappa shape index (κ3) is 3.44. The summed E-state index contributed by atoms with van der Waals surface area (Å²) in [4.78, 5) is 12.8. The first-order valence-electron chi connectivity index (χ1n) is 8.95. The van der Waals surface area contributed by atoms with Gasteiger partial charge >= 0.3 is 0 Å². The molecule has 0 radical (unpaired) electrons. The number of halogens is 2. The van der Waals surface area contributed by atoms with E-state index in [2.05, 4.69) is 22.8 Å². The number of rotatable bonds is 4. The summed E-state index contributed by atoms with van der Waals surface area (Å²) in [5.74, 6) is 1.10. The Balaban J connectivity index is 0.00000169. The Bertz CT molecular complexity index is 580. The monoisotopic (exact) mass is 368 g/mol. The normalized spacial score (nSPS) is 26.1. The lowest BCUT2D eigenvalue weighted by atomic mass is 9.77. The second-order valence-corrected chi connectivity index (χ2v) is 8.03. The smallest absolute Gasteiger partial charge is 0.224 e. The molecule has 1 aromatic carbocycles. The van der Waals surface area contributed by atoms with E-state index in [9.17, 15) is 4.79 Å². The number of nitrogens with one attached hydrogen (secondary N) is 2. The third-order valence-electron chi connectivity index (χ3n) is 6.25. The van der Waals surface area contributed by atoms with Gasteiger partial charge in [-0.25, -0.2) is 0 Å². The van der Waals surface area contributed by atoms with Crippen LogP contribution in [0.2, 0.25) is 5.02 Å².